The van der Waals surface area contributed by atoms with Crippen molar-refractivity contribution in [2.24, 2.45) is 0 Å². The van der Waals surface area contributed by atoms with Crippen LogP contribution < -0.4 is 0 Å². The molecule has 0 atom stereocenters. The number of carbonyl (C=O) groups excluding carboxylic acids is 1. The Morgan fingerprint density at radius 3 is 2.80 bits per heavy atom. The van der Waals surface area contributed by atoms with E-state index in [-0.39, 0.29) is 34.7 Å². The Morgan fingerprint density at radius 1 is 1.13 bits per heavy atom. The highest BCUT2D eigenvalue weighted by atomic mass is 35.5. The van der Waals surface area contributed by atoms with E-state index in [2.05, 4.69) is 10.1 Å². The van der Waals surface area contributed by atoms with Crippen LogP contribution in [0.25, 0.3) is 22.2 Å². The van der Waals surface area contributed by atoms with Crippen LogP contribution in [-0.2, 0) is 13.0 Å². The number of fused-ring (bicyclic) bond motifs is 2. The maximum Gasteiger partial charge on any atom is 0.270 e. The Labute approximate surface area is 174 Å². The van der Waals surface area contributed by atoms with Gasteiger partial charge in [-0.15, -0.1) is 0 Å². The number of nitrogens with zero attached hydrogens (tertiary/aromatic N) is 2. The van der Waals surface area contributed by atoms with Crippen LogP contribution in [0.2, 0.25) is 5.02 Å². The van der Waals surface area contributed by atoms with Crippen molar-refractivity contribution in [2.75, 3.05) is 6.54 Å². The first-order valence-electron chi connectivity index (χ1n) is 9.21. The van der Waals surface area contributed by atoms with Crippen LogP contribution in [0.15, 0.2) is 40.9 Å². The highest BCUT2D eigenvalue weighted by Gasteiger charge is 2.30. The third-order valence-electron chi connectivity index (χ3n) is 5.27. The summed E-state index contributed by atoms with van der Waals surface area (Å²) >= 11 is 5.99. The van der Waals surface area contributed by atoms with Gasteiger partial charge in [0.05, 0.1) is 22.8 Å². The van der Waals surface area contributed by atoms with Crippen LogP contribution in [0.4, 0.5) is 0 Å². The molecule has 4 aromatic rings. The summed E-state index contributed by atoms with van der Waals surface area (Å²) in [6.45, 7) is 0.701. The number of amides is 1. The number of hydrogen-bond donors (Lipinski definition) is 4. The van der Waals surface area contributed by atoms with Gasteiger partial charge in [-0.25, -0.2) is 0 Å². The molecule has 0 fully saturated rings. The number of phenolic OH excluding ortho intramolecular Hbond substituents is 3. The average molecular weight is 426 g/mol. The van der Waals surface area contributed by atoms with Gasteiger partial charge in [0.1, 0.15) is 22.9 Å². The lowest BCUT2D eigenvalue weighted by atomic mass is 10.0. The van der Waals surface area contributed by atoms with E-state index in [1.165, 1.54) is 6.07 Å². The van der Waals surface area contributed by atoms with E-state index >= 15 is 0 Å². The van der Waals surface area contributed by atoms with Crippen LogP contribution in [0.1, 0.15) is 21.7 Å². The number of aromatic hydroxyl groups is 3. The Morgan fingerprint density at radius 2 is 1.97 bits per heavy atom. The maximum atomic E-state index is 13.1. The minimum absolute atomic E-state index is 0.0676. The fourth-order valence-electron chi connectivity index (χ4n) is 3.74. The number of aromatic amines is 1. The lowest BCUT2D eigenvalue weighted by molar-refractivity contribution is 0.0729. The first-order valence-corrected chi connectivity index (χ1v) is 9.59. The summed E-state index contributed by atoms with van der Waals surface area (Å²) in [4.78, 5) is 17.8. The summed E-state index contributed by atoms with van der Waals surface area (Å²) in [7, 11) is 0. The molecule has 0 saturated heterocycles. The molecule has 0 aliphatic carbocycles. The number of hydrogen-bond acceptors (Lipinski definition) is 6. The normalized spacial score (nSPS) is 13.6. The first-order chi connectivity index (χ1) is 14.4. The molecule has 0 bridgehead atoms. The summed E-state index contributed by atoms with van der Waals surface area (Å²) in [6.07, 6.45) is 0.498. The molecule has 0 spiro atoms. The van der Waals surface area contributed by atoms with Crippen molar-refractivity contribution in [3.8, 4) is 28.6 Å². The zero-order chi connectivity index (χ0) is 21.0. The Hall–Kier alpha value is -3.65. The molecule has 0 unspecified atom stereocenters. The number of H-pyrrole nitrogens is 1. The van der Waals surface area contributed by atoms with Gasteiger partial charge in [-0.1, -0.05) is 16.8 Å². The third-order valence-corrected chi connectivity index (χ3v) is 5.57. The Kier molecular flexibility index (Phi) is 4.11. The van der Waals surface area contributed by atoms with Gasteiger partial charge >= 0.3 is 0 Å². The minimum atomic E-state index is -0.243. The van der Waals surface area contributed by atoms with Gasteiger partial charge in [-0.2, -0.15) is 0 Å². The monoisotopic (exact) mass is 425 g/mol. The van der Waals surface area contributed by atoms with E-state index in [0.717, 1.165) is 17.0 Å². The van der Waals surface area contributed by atoms with Crippen molar-refractivity contribution in [3.05, 3.63) is 58.4 Å². The molecule has 152 valence electrons. The first kappa shape index (κ1) is 18.4. The van der Waals surface area contributed by atoms with Crippen molar-refractivity contribution in [2.45, 2.75) is 13.0 Å². The second kappa shape index (κ2) is 6.70. The van der Waals surface area contributed by atoms with E-state index in [9.17, 15) is 20.1 Å². The van der Waals surface area contributed by atoms with Crippen LogP contribution in [0, 0.1) is 0 Å². The molecule has 30 heavy (non-hydrogen) atoms. The molecular formula is C21H16ClN3O5. The van der Waals surface area contributed by atoms with Gasteiger partial charge in [0.25, 0.3) is 5.91 Å². The molecule has 0 radical (unpaired) electrons. The van der Waals surface area contributed by atoms with Gasteiger partial charge in [-0.3, -0.25) is 4.79 Å². The van der Waals surface area contributed by atoms with Gasteiger partial charge in [0.15, 0.2) is 5.76 Å². The molecule has 9 heteroatoms. The summed E-state index contributed by atoms with van der Waals surface area (Å²) in [6, 6.07) is 9.10. The molecule has 3 heterocycles. The Balaban J connectivity index is 1.48. The number of rotatable bonds is 2. The van der Waals surface area contributed by atoms with Crippen molar-refractivity contribution in [3.63, 3.8) is 0 Å². The molecule has 8 nitrogen and oxygen atoms in total. The Bertz CT molecular complexity index is 1310. The molecule has 5 rings (SSSR count). The highest BCUT2D eigenvalue weighted by Crippen LogP contribution is 2.40. The second-order valence-electron chi connectivity index (χ2n) is 7.19. The highest BCUT2D eigenvalue weighted by molar-refractivity contribution is 6.32. The number of halogens is 1. The molecule has 4 N–H and O–H groups in total. The molecule has 1 amide bonds. The van der Waals surface area contributed by atoms with E-state index in [1.807, 2.05) is 0 Å². The molecule has 1 aliphatic heterocycles. The van der Waals surface area contributed by atoms with Gasteiger partial charge < -0.3 is 29.7 Å². The number of benzene rings is 2. The third kappa shape index (κ3) is 2.93. The zero-order valence-corrected chi connectivity index (χ0v) is 16.3. The maximum absolute atomic E-state index is 13.1. The second-order valence-corrected chi connectivity index (χ2v) is 7.60. The average Bonchev–Trinajstić information content (AvgIpc) is 3.33. The summed E-state index contributed by atoms with van der Waals surface area (Å²) in [5, 5.41) is 34.4. The fraction of sp³-hybridized carbons (Fsp3) is 0.143. The molecule has 1 aliphatic rings. The van der Waals surface area contributed by atoms with E-state index in [0.29, 0.717) is 41.2 Å². The SMILES string of the molecule is O=C(c1cc2cc(O)ccc2[nH]1)N1CCc2noc(-c3cc(Cl)c(O)cc3O)c2C1. The fourth-order valence-corrected chi connectivity index (χ4v) is 3.90. The van der Waals surface area contributed by atoms with E-state index < -0.39 is 0 Å². The predicted octanol–water partition coefficient (Wildman–Crippen LogP) is 3.79. The van der Waals surface area contributed by atoms with Crippen LogP contribution >= 0.6 is 11.6 Å². The van der Waals surface area contributed by atoms with Crippen LogP contribution in [-0.4, -0.2) is 42.8 Å². The lowest BCUT2D eigenvalue weighted by Crippen LogP contribution is -2.36. The summed E-state index contributed by atoms with van der Waals surface area (Å²) in [5.74, 6) is -0.202. The van der Waals surface area contributed by atoms with Crippen molar-refractivity contribution >= 4 is 28.4 Å². The van der Waals surface area contributed by atoms with Gasteiger partial charge in [0, 0.05) is 35.5 Å². The quantitative estimate of drug-likeness (QED) is 0.387. The molecule has 2 aromatic carbocycles. The van der Waals surface area contributed by atoms with Crippen molar-refractivity contribution in [1.29, 1.82) is 0 Å². The van der Waals surface area contributed by atoms with Crippen LogP contribution in [0.3, 0.4) is 0 Å². The number of carbonyl (C=O) groups is 1. The zero-order valence-electron chi connectivity index (χ0n) is 15.5. The predicted molar refractivity (Wildman–Crippen MR) is 109 cm³/mol. The standard InChI is InChI=1S/C21H16ClN3O5/c22-14-7-12(18(27)8-19(14)28)20-13-9-25(4-3-16(13)24-30-20)21(29)17-6-10-5-11(26)1-2-15(10)23-17/h1-2,5-8,23,26-28H,3-4,9H2. The van der Waals surface area contributed by atoms with E-state index in [1.54, 1.807) is 29.2 Å². The molecule has 2 aromatic heterocycles. The molecular weight excluding hydrogens is 410 g/mol. The largest absolute Gasteiger partial charge is 0.508 e. The molecule has 0 saturated carbocycles. The topological polar surface area (TPSA) is 123 Å². The van der Waals surface area contributed by atoms with E-state index in [4.69, 9.17) is 16.1 Å². The number of aromatic nitrogens is 2. The lowest BCUT2D eigenvalue weighted by Gasteiger charge is -2.26. The number of nitrogens with one attached hydrogen (secondary N) is 1. The smallest absolute Gasteiger partial charge is 0.270 e. The van der Waals surface area contributed by atoms with Gasteiger partial charge in [0.2, 0.25) is 0 Å². The number of phenols is 3. The van der Waals surface area contributed by atoms with Crippen LogP contribution in [0.5, 0.6) is 17.2 Å². The van der Waals surface area contributed by atoms with Gasteiger partial charge in [-0.05, 0) is 30.3 Å². The minimum Gasteiger partial charge on any atom is -0.508 e. The summed E-state index contributed by atoms with van der Waals surface area (Å²) in [5.41, 5.74) is 2.84. The van der Waals surface area contributed by atoms with Crippen molar-refractivity contribution < 1.29 is 24.6 Å². The van der Waals surface area contributed by atoms with Crippen molar-refractivity contribution in [1.82, 2.24) is 15.0 Å². The summed E-state index contributed by atoms with van der Waals surface area (Å²) < 4.78 is 5.45.